The average Bonchev–Trinajstić information content (AvgIpc) is 3.19. The third-order valence-corrected chi connectivity index (χ3v) is 8.29. The Morgan fingerprint density at radius 1 is 1.28 bits per heavy atom. The van der Waals surface area contributed by atoms with Gasteiger partial charge in [-0.15, -0.1) is 11.3 Å². The number of carbonyl (C=O) groups excluding carboxylic acids is 1. The minimum absolute atomic E-state index is 0.0148. The van der Waals surface area contributed by atoms with E-state index >= 15 is 0 Å². The van der Waals surface area contributed by atoms with E-state index in [-0.39, 0.29) is 11.5 Å². The minimum atomic E-state index is -0.0148. The number of hydrogen-bond donors (Lipinski definition) is 2. The Morgan fingerprint density at radius 2 is 2.16 bits per heavy atom. The van der Waals surface area contributed by atoms with Crippen LogP contribution >= 0.6 is 23.1 Å². The molecule has 1 unspecified atom stereocenters. The maximum atomic E-state index is 12.6. The molecular weight excluding hydrogens is 442 g/mol. The third-order valence-electron chi connectivity index (χ3n) is 6.13. The van der Waals surface area contributed by atoms with Crippen LogP contribution in [0.25, 0.3) is 10.2 Å². The van der Waals surface area contributed by atoms with Crippen molar-refractivity contribution in [3.8, 4) is 5.75 Å². The highest BCUT2D eigenvalue weighted by Crippen LogP contribution is 2.33. The predicted octanol–water partition coefficient (Wildman–Crippen LogP) is 3.85. The number of nitrogens with zero attached hydrogens (tertiary/aromatic N) is 1. The molecule has 3 heterocycles. The van der Waals surface area contributed by atoms with Crippen molar-refractivity contribution in [3.63, 3.8) is 0 Å². The van der Waals surface area contributed by atoms with Crippen LogP contribution in [0, 0.1) is 5.92 Å². The third kappa shape index (κ3) is 4.71. The van der Waals surface area contributed by atoms with Gasteiger partial charge in [0.25, 0.3) is 5.56 Å². The monoisotopic (exact) mass is 469 g/mol. The molecule has 1 amide bonds. The first-order valence-corrected chi connectivity index (χ1v) is 13.2. The van der Waals surface area contributed by atoms with Gasteiger partial charge < -0.3 is 15.0 Å². The highest BCUT2D eigenvalue weighted by molar-refractivity contribution is 7.98. The standard InChI is InChI=1S/C24H27N3O3S2/c28-21(25-12-15-11-16-5-1-3-7-18(16)30-13-15)9-10-31-14-20-26-23(29)22-17-6-2-4-8-19(17)32-24(22)27-20/h1,3,5,7,15H,2,4,6,8-14H2,(H,25,28)(H,26,27,29). The smallest absolute Gasteiger partial charge is 0.259 e. The van der Waals surface area contributed by atoms with E-state index in [1.165, 1.54) is 22.4 Å². The molecule has 168 valence electrons. The van der Waals surface area contributed by atoms with E-state index in [1.54, 1.807) is 23.1 Å². The van der Waals surface area contributed by atoms with Gasteiger partial charge >= 0.3 is 0 Å². The zero-order chi connectivity index (χ0) is 21.9. The SMILES string of the molecule is O=C(CCSCc1nc2sc3c(c2c(=O)[nH]1)CCCC3)NCC1COc2ccccc2C1. The van der Waals surface area contributed by atoms with Gasteiger partial charge in [0.1, 0.15) is 16.4 Å². The zero-order valence-electron chi connectivity index (χ0n) is 17.9. The minimum Gasteiger partial charge on any atom is -0.493 e. The van der Waals surface area contributed by atoms with Gasteiger partial charge in [-0.1, -0.05) is 18.2 Å². The summed E-state index contributed by atoms with van der Waals surface area (Å²) < 4.78 is 5.79. The summed E-state index contributed by atoms with van der Waals surface area (Å²) >= 11 is 3.30. The van der Waals surface area contributed by atoms with Gasteiger partial charge in [-0.2, -0.15) is 11.8 Å². The van der Waals surface area contributed by atoms with E-state index < -0.39 is 0 Å². The van der Waals surface area contributed by atoms with Gasteiger partial charge in [0.15, 0.2) is 0 Å². The van der Waals surface area contributed by atoms with Crippen LogP contribution in [0.15, 0.2) is 29.1 Å². The number of thioether (sulfide) groups is 1. The van der Waals surface area contributed by atoms with Crippen molar-refractivity contribution in [1.82, 2.24) is 15.3 Å². The molecule has 32 heavy (non-hydrogen) atoms. The van der Waals surface area contributed by atoms with Crippen molar-refractivity contribution in [2.75, 3.05) is 18.9 Å². The Morgan fingerprint density at radius 3 is 3.09 bits per heavy atom. The summed E-state index contributed by atoms with van der Waals surface area (Å²) in [6, 6.07) is 8.08. The highest BCUT2D eigenvalue weighted by Gasteiger charge is 2.21. The fourth-order valence-electron chi connectivity index (χ4n) is 4.48. The number of para-hydroxylation sites is 1. The second kappa shape index (κ2) is 9.67. The van der Waals surface area contributed by atoms with Gasteiger partial charge in [-0.3, -0.25) is 9.59 Å². The number of fused-ring (bicyclic) bond motifs is 4. The molecular formula is C24H27N3O3S2. The first kappa shape index (κ1) is 21.5. The summed E-state index contributed by atoms with van der Waals surface area (Å²) in [5.74, 6) is 3.31. The molecule has 8 heteroatoms. The number of benzene rings is 1. The number of amides is 1. The molecule has 1 aliphatic heterocycles. The lowest BCUT2D eigenvalue weighted by molar-refractivity contribution is -0.120. The number of rotatable bonds is 7. The van der Waals surface area contributed by atoms with Gasteiger partial charge in [0.2, 0.25) is 5.91 Å². The fourth-order valence-corrected chi connectivity index (χ4v) is 6.56. The number of nitrogens with one attached hydrogen (secondary N) is 2. The molecule has 0 bridgehead atoms. The van der Waals surface area contributed by atoms with Crippen LogP contribution in [0.4, 0.5) is 0 Å². The molecule has 0 spiro atoms. The number of hydrogen-bond acceptors (Lipinski definition) is 6. The van der Waals surface area contributed by atoms with E-state index in [1.807, 2.05) is 18.2 Å². The number of ether oxygens (including phenoxy) is 1. The molecule has 6 nitrogen and oxygen atoms in total. The molecule has 1 aromatic carbocycles. The molecule has 0 saturated heterocycles. The lowest BCUT2D eigenvalue weighted by atomic mass is 9.97. The van der Waals surface area contributed by atoms with Crippen LogP contribution in [-0.4, -0.2) is 34.8 Å². The lowest BCUT2D eigenvalue weighted by Gasteiger charge is -2.25. The van der Waals surface area contributed by atoms with E-state index in [9.17, 15) is 9.59 Å². The molecule has 1 atom stereocenters. The lowest BCUT2D eigenvalue weighted by Crippen LogP contribution is -2.34. The first-order valence-electron chi connectivity index (χ1n) is 11.3. The normalized spacial score (nSPS) is 17.4. The molecule has 0 radical (unpaired) electrons. The van der Waals surface area contributed by atoms with Gasteiger partial charge in [0, 0.05) is 29.5 Å². The Balaban J connectivity index is 1.07. The van der Waals surface area contributed by atoms with Crippen molar-refractivity contribution in [2.45, 2.75) is 44.3 Å². The van der Waals surface area contributed by atoms with Crippen LogP contribution in [0.5, 0.6) is 5.75 Å². The number of H-pyrrole nitrogens is 1. The van der Waals surface area contributed by atoms with E-state index in [0.717, 1.165) is 41.6 Å². The molecule has 5 rings (SSSR count). The zero-order valence-corrected chi connectivity index (χ0v) is 19.6. The summed E-state index contributed by atoms with van der Waals surface area (Å²) in [5.41, 5.74) is 2.41. The highest BCUT2D eigenvalue weighted by atomic mass is 32.2. The second-order valence-electron chi connectivity index (χ2n) is 8.50. The molecule has 0 saturated carbocycles. The fraction of sp³-hybridized carbons (Fsp3) is 0.458. The van der Waals surface area contributed by atoms with Crippen molar-refractivity contribution in [3.05, 3.63) is 56.4 Å². The Bertz CT molecular complexity index is 1190. The quantitative estimate of drug-likeness (QED) is 0.514. The average molecular weight is 470 g/mol. The van der Waals surface area contributed by atoms with Crippen LogP contribution in [0.2, 0.25) is 0 Å². The summed E-state index contributed by atoms with van der Waals surface area (Å²) in [7, 11) is 0. The number of aromatic amines is 1. The van der Waals surface area contributed by atoms with Crippen molar-refractivity contribution in [2.24, 2.45) is 5.92 Å². The predicted molar refractivity (Wildman–Crippen MR) is 130 cm³/mol. The van der Waals surface area contributed by atoms with Crippen LogP contribution in [0.3, 0.4) is 0 Å². The van der Waals surface area contributed by atoms with Gasteiger partial charge in [-0.05, 0) is 49.3 Å². The van der Waals surface area contributed by atoms with E-state index in [2.05, 4.69) is 16.4 Å². The number of carbonyl (C=O) groups is 1. The molecule has 2 aromatic heterocycles. The largest absolute Gasteiger partial charge is 0.493 e. The van der Waals surface area contributed by atoms with E-state index in [4.69, 9.17) is 9.72 Å². The maximum Gasteiger partial charge on any atom is 0.259 e. The molecule has 3 aromatic rings. The van der Waals surface area contributed by atoms with Crippen molar-refractivity contribution >= 4 is 39.2 Å². The summed E-state index contributed by atoms with van der Waals surface area (Å²) in [6.45, 7) is 1.27. The Kier molecular flexibility index (Phi) is 6.50. The van der Waals surface area contributed by atoms with Gasteiger partial charge in [0.05, 0.1) is 17.7 Å². The van der Waals surface area contributed by atoms with Crippen molar-refractivity contribution < 1.29 is 9.53 Å². The molecule has 0 fully saturated rings. The number of thiophene rings is 1. The Labute approximate surface area is 195 Å². The second-order valence-corrected chi connectivity index (χ2v) is 10.7. The summed E-state index contributed by atoms with van der Waals surface area (Å²) in [4.78, 5) is 34.7. The molecule has 2 aliphatic rings. The van der Waals surface area contributed by atoms with Crippen LogP contribution in [0.1, 0.15) is 41.1 Å². The maximum absolute atomic E-state index is 12.6. The topological polar surface area (TPSA) is 84.1 Å². The van der Waals surface area contributed by atoms with Crippen LogP contribution in [-0.2, 0) is 29.8 Å². The van der Waals surface area contributed by atoms with E-state index in [0.29, 0.717) is 42.8 Å². The summed E-state index contributed by atoms with van der Waals surface area (Å²) in [6.07, 6.45) is 5.79. The number of aromatic nitrogens is 2. The molecule has 1 aliphatic carbocycles. The van der Waals surface area contributed by atoms with Crippen LogP contribution < -0.4 is 15.6 Å². The molecule has 2 N–H and O–H groups in total. The van der Waals surface area contributed by atoms with Gasteiger partial charge in [-0.25, -0.2) is 4.98 Å². The number of aryl methyl sites for hydroxylation is 2. The Hall–Kier alpha value is -2.32. The van der Waals surface area contributed by atoms with Crippen molar-refractivity contribution in [1.29, 1.82) is 0 Å². The summed E-state index contributed by atoms with van der Waals surface area (Å²) in [5, 5.41) is 3.84. The first-order chi connectivity index (χ1) is 15.7.